The molecule has 0 aromatic heterocycles. The molecule has 128 valence electrons. The number of rotatable bonds is 4. The van der Waals surface area contributed by atoms with E-state index in [2.05, 4.69) is 11.9 Å². The lowest BCUT2D eigenvalue weighted by Gasteiger charge is -2.36. The number of piperidine rings is 1. The van der Waals surface area contributed by atoms with Crippen LogP contribution in [0.25, 0.3) is 0 Å². The predicted molar refractivity (Wildman–Crippen MR) is 87.8 cm³/mol. The monoisotopic (exact) mass is 321 g/mol. The Balaban J connectivity index is 2.00. The third-order valence-corrected chi connectivity index (χ3v) is 5.11. The fourth-order valence-corrected chi connectivity index (χ4v) is 3.31. The summed E-state index contributed by atoms with van der Waals surface area (Å²) in [6, 6.07) is 0.409. The molecule has 2 aliphatic heterocycles. The molecule has 0 unspecified atom stereocenters. The van der Waals surface area contributed by atoms with E-state index < -0.39 is 0 Å². The second-order valence-corrected chi connectivity index (χ2v) is 6.51. The summed E-state index contributed by atoms with van der Waals surface area (Å²) in [6.45, 7) is 7.18. The van der Waals surface area contributed by atoms with Crippen LogP contribution >= 0.6 is 0 Å². The molecule has 5 nitrogen and oxygen atoms in total. The van der Waals surface area contributed by atoms with Crippen LogP contribution in [0.15, 0.2) is 23.3 Å². The Kier molecular flexibility index (Phi) is 5.63. The Morgan fingerprint density at radius 3 is 2.09 bits per heavy atom. The summed E-state index contributed by atoms with van der Waals surface area (Å²) in [7, 11) is 2.06. The Hall–Kier alpha value is -1.62. The van der Waals surface area contributed by atoms with Gasteiger partial charge >= 0.3 is 11.9 Å². The molecule has 0 amide bonds. The third kappa shape index (κ3) is 3.83. The molecule has 2 rings (SSSR count). The molecular formula is C18H27NO4. The first kappa shape index (κ1) is 17.7. The number of ether oxygens (including phenoxy) is 2. The molecule has 0 saturated carbocycles. The van der Waals surface area contributed by atoms with Crippen molar-refractivity contribution in [3.05, 3.63) is 23.3 Å². The number of carbonyl (C=O) groups excluding carboxylic acids is 2. The lowest BCUT2D eigenvalue weighted by molar-refractivity contribution is -0.151. The van der Waals surface area contributed by atoms with Gasteiger partial charge in [0.2, 0.25) is 0 Å². The fraction of sp³-hybridized carbons (Fsp3) is 0.667. The fourth-order valence-electron chi connectivity index (χ4n) is 3.31. The van der Waals surface area contributed by atoms with E-state index in [1.807, 2.05) is 13.8 Å². The molecule has 0 spiro atoms. The zero-order valence-corrected chi connectivity index (χ0v) is 14.7. The first-order valence-corrected chi connectivity index (χ1v) is 8.27. The summed E-state index contributed by atoms with van der Waals surface area (Å²) in [5, 5.41) is 0. The minimum absolute atomic E-state index is 0.102. The van der Waals surface area contributed by atoms with Crippen LogP contribution < -0.4 is 0 Å². The van der Waals surface area contributed by atoms with Crippen molar-refractivity contribution in [2.24, 2.45) is 0 Å². The number of likely N-dealkylation sites (N-methyl/N-ethyl adjacent to an activating group) is 1. The number of hydrogen-bond acceptors (Lipinski definition) is 5. The molecule has 0 aromatic rings. The number of allylic oxidation sites excluding steroid dienone is 2. The topological polar surface area (TPSA) is 55.8 Å². The molecular weight excluding hydrogens is 294 g/mol. The van der Waals surface area contributed by atoms with Gasteiger partial charge in [0.05, 0.1) is 6.04 Å². The lowest BCUT2D eigenvalue weighted by Crippen LogP contribution is -2.46. The average Bonchev–Trinajstić information content (AvgIpc) is 2.72. The molecule has 4 atom stereocenters. The number of hydrogen-bond donors (Lipinski definition) is 0. The average molecular weight is 321 g/mol. The van der Waals surface area contributed by atoms with Gasteiger partial charge in [-0.2, -0.15) is 0 Å². The van der Waals surface area contributed by atoms with Crippen LogP contribution in [0.3, 0.4) is 0 Å². The molecule has 2 aliphatic rings. The van der Waals surface area contributed by atoms with Crippen LogP contribution in [0, 0.1) is 0 Å². The van der Waals surface area contributed by atoms with E-state index in [1.165, 1.54) is 0 Å². The van der Waals surface area contributed by atoms with Crippen molar-refractivity contribution < 1.29 is 19.1 Å². The van der Waals surface area contributed by atoms with E-state index in [0.717, 1.165) is 12.8 Å². The van der Waals surface area contributed by atoms with Gasteiger partial charge in [-0.1, -0.05) is 12.2 Å². The van der Waals surface area contributed by atoms with Crippen molar-refractivity contribution in [1.82, 2.24) is 4.90 Å². The van der Waals surface area contributed by atoms with E-state index in [0.29, 0.717) is 23.6 Å². The number of nitrogens with zero attached hydrogens (tertiary/aromatic N) is 1. The van der Waals surface area contributed by atoms with Crippen LogP contribution in [0.1, 0.15) is 47.0 Å². The summed E-state index contributed by atoms with van der Waals surface area (Å²) in [5.41, 5.74) is 1.25. The first-order valence-electron chi connectivity index (χ1n) is 8.27. The Morgan fingerprint density at radius 2 is 1.52 bits per heavy atom. The SMILES string of the molecule is C/C=C(\C)C(=O)O[C@H]1C[C@H]2C[C@@H](OC(=O)/C(C)=C/C)[C@@H](C1)N2C. The van der Waals surface area contributed by atoms with Gasteiger partial charge < -0.3 is 9.47 Å². The van der Waals surface area contributed by atoms with Crippen LogP contribution in [-0.2, 0) is 19.1 Å². The second-order valence-electron chi connectivity index (χ2n) is 6.51. The number of carbonyl (C=O) groups is 2. The highest BCUT2D eigenvalue weighted by Gasteiger charge is 2.47. The highest BCUT2D eigenvalue weighted by molar-refractivity contribution is 5.88. The quantitative estimate of drug-likeness (QED) is 0.588. The second kappa shape index (κ2) is 7.30. The first-order chi connectivity index (χ1) is 10.9. The van der Waals surface area contributed by atoms with Crippen LogP contribution in [0.4, 0.5) is 0 Å². The van der Waals surface area contributed by atoms with Crippen LogP contribution in [0.2, 0.25) is 0 Å². The van der Waals surface area contributed by atoms with E-state index in [4.69, 9.17) is 9.47 Å². The number of fused-ring (bicyclic) bond motifs is 2. The molecule has 2 fully saturated rings. The Morgan fingerprint density at radius 1 is 0.957 bits per heavy atom. The minimum atomic E-state index is -0.253. The summed E-state index contributed by atoms with van der Waals surface area (Å²) in [6.07, 6.45) is 5.61. The third-order valence-electron chi connectivity index (χ3n) is 5.11. The summed E-state index contributed by atoms with van der Waals surface area (Å²) in [4.78, 5) is 26.2. The zero-order chi connectivity index (χ0) is 17.1. The zero-order valence-electron chi connectivity index (χ0n) is 14.7. The maximum atomic E-state index is 12.0. The normalized spacial score (nSPS) is 31.9. The molecule has 0 aromatic carbocycles. The highest BCUT2D eigenvalue weighted by Crippen LogP contribution is 2.37. The van der Waals surface area contributed by atoms with E-state index in [-0.39, 0.29) is 30.2 Å². The van der Waals surface area contributed by atoms with Crippen LogP contribution in [-0.4, -0.2) is 48.2 Å². The molecule has 0 aliphatic carbocycles. The van der Waals surface area contributed by atoms with Gasteiger partial charge in [-0.25, -0.2) is 9.59 Å². The smallest absolute Gasteiger partial charge is 0.333 e. The van der Waals surface area contributed by atoms with E-state index >= 15 is 0 Å². The predicted octanol–water partition coefficient (Wildman–Crippen LogP) is 2.61. The summed E-state index contributed by atoms with van der Waals surface area (Å²) < 4.78 is 11.3. The highest BCUT2D eigenvalue weighted by atomic mass is 16.6. The van der Waals surface area contributed by atoms with E-state index in [1.54, 1.807) is 26.0 Å². The van der Waals surface area contributed by atoms with Crippen molar-refractivity contribution in [1.29, 1.82) is 0 Å². The van der Waals surface area contributed by atoms with Crippen LogP contribution in [0.5, 0.6) is 0 Å². The van der Waals surface area contributed by atoms with Crippen molar-refractivity contribution in [2.75, 3.05) is 7.05 Å². The van der Waals surface area contributed by atoms with Gasteiger partial charge in [-0.15, -0.1) is 0 Å². The van der Waals surface area contributed by atoms with Crippen molar-refractivity contribution in [2.45, 2.75) is 71.2 Å². The number of esters is 2. The van der Waals surface area contributed by atoms with Crippen molar-refractivity contribution in [3.63, 3.8) is 0 Å². The summed E-state index contributed by atoms with van der Waals surface area (Å²) in [5.74, 6) is -0.503. The van der Waals surface area contributed by atoms with E-state index in [9.17, 15) is 9.59 Å². The van der Waals surface area contributed by atoms with Gasteiger partial charge in [0.25, 0.3) is 0 Å². The molecule has 2 bridgehead atoms. The standard InChI is InChI=1S/C18H27NO4/c1-6-11(3)17(20)22-14-8-13-9-16(15(10-14)19(13)5)23-18(21)12(4)7-2/h6-7,13-16H,8-10H2,1-5H3/b11-6+,12-7+/t13-,14-,15+,16+/m0/s1. The Bertz CT molecular complexity index is 535. The molecule has 5 heteroatoms. The largest absolute Gasteiger partial charge is 0.459 e. The van der Waals surface area contributed by atoms with Gasteiger partial charge in [0.15, 0.2) is 0 Å². The maximum Gasteiger partial charge on any atom is 0.333 e. The summed E-state index contributed by atoms with van der Waals surface area (Å²) >= 11 is 0. The van der Waals surface area contributed by atoms with Gasteiger partial charge in [0.1, 0.15) is 12.2 Å². The maximum absolute atomic E-state index is 12.0. The molecule has 0 radical (unpaired) electrons. The van der Waals surface area contributed by atoms with Gasteiger partial charge in [-0.05, 0) is 34.7 Å². The Labute approximate surface area is 138 Å². The molecule has 2 saturated heterocycles. The molecule has 2 heterocycles. The molecule has 0 N–H and O–H groups in total. The van der Waals surface area contributed by atoms with Crippen molar-refractivity contribution in [3.8, 4) is 0 Å². The van der Waals surface area contributed by atoms with Gasteiger partial charge in [-0.3, -0.25) is 4.90 Å². The molecule has 23 heavy (non-hydrogen) atoms. The minimum Gasteiger partial charge on any atom is -0.459 e. The lowest BCUT2D eigenvalue weighted by atomic mass is 10.00. The van der Waals surface area contributed by atoms with Gasteiger partial charge in [0, 0.05) is 36.5 Å². The van der Waals surface area contributed by atoms with Crippen molar-refractivity contribution >= 4 is 11.9 Å².